The molecule has 0 spiro atoms. The van der Waals surface area contributed by atoms with Crippen molar-refractivity contribution in [3.63, 3.8) is 0 Å². The number of aromatic nitrogens is 1. The number of primary amides is 1. The zero-order chi connectivity index (χ0) is 12.0. The van der Waals surface area contributed by atoms with Gasteiger partial charge in [-0.05, 0) is 31.0 Å². The molecule has 88 valence electrons. The van der Waals surface area contributed by atoms with Gasteiger partial charge in [-0.1, -0.05) is 6.92 Å². The van der Waals surface area contributed by atoms with Gasteiger partial charge in [0.15, 0.2) is 0 Å². The number of nitrogens with zero attached hydrogens (tertiary/aromatic N) is 1. The molecule has 1 aromatic rings. The number of rotatable bonds is 6. The van der Waals surface area contributed by atoms with Crippen LogP contribution in [0.15, 0.2) is 18.3 Å². The summed E-state index contributed by atoms with van der Waals surface area (Å²) in [7, 11) is 0. The second-order valence-corrected chi connectivity index (χ2v) is 3.86. The van der Waals surface area contributed by atoms with Gasteiger partial charge in [0.05, 0.1) is 5.56 Å². The molecule has 16 heavy (non-hydrogen) atoms. The molecule has 5 nitrogen and oxygen atoms in total. The number of carbonyl (C=O) groups excluding carboxylic acids is 1. The zero-order valence-electron chi connectivity index (χ0n) is 9.44. The maximum Gasteiger partial charge on any atom is 0.250 e. The van der Waals surface area contributed by atoms with Crippen molar-refractivity contribution in [3.8, 4) is 0 Å². The smallest absolute Gasteiger partial charge is 0.250 e. The highest BCUT2D eigenvalue weighted by molar-refractivity contribution is 5.92. The van der Waals surface area contributed by atoms with E-state index in [9.17, 15) is 4.79 Å². The lowest BCUT2D eigenvalue weighted by Crippen LogP contribution is -2.16. The molecule has 0 aliphatic rings. The highest BCUT2D eigenvalue weighted by atomic mass is 16.1. The molecule has 5 heteroatoms. The third-order valence-electron chi connectivity index (χ3n) is 2.34. The van der Waals surface area contributed by atoms with Crippen LogP contribution in [0.25, 0.3) is 0 Å². The van der Waals surface area contributed by atoms with E-state index < -0.39 is 5.91 Å². The second kappa shape index (κ2) is 6.07. The van der Waals surface area contributed by atoms with Gasteiger partial charge in [-0.25, -0.2) is 4.98 Å². The summed E-state index contributed by atoms with van der Waals surface area (Å²) in [6, 6.07) is 3.40. The molecule has 0 saturated heterocycles. The van der Waals surface area contributed by atoms with Crippen molar-refractivity contribution in [2.24, 2.45) is 17.4 Å². The Bertz CT molecular complexity index is 336. The molecule has 1 amide bonds. The molecule has 0 fully saturated rings. The van der Waals surface area contributed by atoms with Crippen molar-refractivity contribution >= 4 is 11.7 Å². The van der Waals surface area contributed by atoms with Crippen molar-refractivity contribution in [1.29, 1.82) is 0 Å². The van der Waals surface area contributed by atoms with Crippen LogP contribution >= 0.6 is 0 Å². The number of anilines is 1. The first-order chi connectivity index (χ1) is 7.63. The summed E-state index contributed by atoms with van der Waals surface area (Å²) in [5.41, 5.74) is 11.0. The SMILES string of the molecule is CC(CCN)CNc1ccc(C(N)=O)cn1. The normalized spacial score (nSPS) is 12.1. The predicted octanol–water partition coefficient (Wildman–Crippen LogP) is 0.577. The second-order valence-electron chi connectivity index (χ2n) is 3.86. The van der Waals surface area contributed by atoms with Crippen molar-refractivity contribution in [2.75, 3.05) is 18.4 Å². The quantitative estimate of drug-likeness (QED) is 0.656. The molecule has 1 aromatic heterocycles. The lowest BCUT2D eigenvalue weighted by atomic mass is 10.1. The van der Waals surface area contributed by atoms with Gasteiger partial charge in [0, 0.05) is 12.7 Å². The minimum Gasteiger partial charge on any atom is -0.370 e. The number of amides is 1. The fraction of sp³-hybridized carbons (Fsp3) is 0.455. The van der Waals surface area contributed by atoms with E-state index in [1.54, 1.807) is 12.1 Å². The van der Waals surface area contributed by atoms with Crippen molar-refractivity contribution in [2.45, 2.75) is 13.3 Å². The van der Waals surface area contributed by atoms with Gasteiger partial charge < -0.3 is 16.8 Å². The van der Waals surface area contributed by atoms with Gasteiger partial charge in [0.25, 0.3) is 0 Å². The molecular weight excluding hydrogens is 204 g/mol. The van der Waals surface area contributed by atoms with Crippen LogP contribution in [0.2, 0.25) is 0 Å². The van der Waals surface area contributed by atoms with E-state index in [-0.39, 0.29) is 0 Å². The monoisotopic (exact) mass is 222 g/mol. The molecule has 0 bridgehead atoms. The van der Waals surface area contributed by atoms with Crippen molar-refractivity contribution in [3.05, 3.63) is 23.9 Å². The van der Waals surface area contributed by atoms with Crippen molar-refractivity contribution < 1.29 is 4.79 Å². The minimum atomic E-state index is -0.462. The van der Waals surface area contributed by atoms with Crippen LogP contribution in [0.1, 0.15) is 23.7 Å². The van der Waals surface area contributed by atoms with Gasteiger partial charge in [0.1, 0.15) is 5.82 Å². The summed E-state index contributed by atoms with van der Waals surface area (Å²) in [4.78, 5) is 14.9. The maximum absolute atomic E-state index is 10.8. The van der Waals surface area contributed by atoms with Crippen LogP contribution in [0.4, 0.5) is 5.82 Å². The Labute approximate surface area is 95.2 Å². The number of hydrogen-bond acceptors (Lipinski definition) is 4. The van der Waals surface area contributed by atoms with Crippen molar-refractivity contribution in [1.82, 2.24) is 4.98 Å². The number of pyridine rings is 1. The van der Waals surface area contributed by atoms with Crippen LogP contribution in [-0.2, 0) is 0 Å². The first kappa shape index (κ1) is 12.4. The lowest BCUT2D eigenvalue weighted by Gasteiger charge is -2.11. The average Bonchev–Trinajstić information content (AvgIpc) is 2.27. The van der Waals surface area contributed by atoms with Crippen LogP contribution in [0, 0.1) is 5.92 Å². The van der Waals surface area contributed by atoms with E-state index in [2.05, 4.69) is 17.2 Å². The molecule has 5 N–H and O–H groups in total. The van der Waals surface area contributed by atoms with E-state index in [0.29, 0.717) is 18.0 Å². The third kappa shape index (κ3) is 3.86. The Balaban J connectivity index is 2.46. The first-order valence-corrected chi connectivity index (χ1v) is 5.33. The number of hydrogen-bond donors (Lipinski definition) is 3. The van der Waals surface area contributed by atoms with Gasteiger partial charge in [-0.2, -0.15) is 0 Å². The summed E-state index contributed by atoms with van der Waals surface area (Å²) < 4.78 is 0. The average molecular weight is 222 g/mol. The summed E-state index contributed by atoms with van der Waals surface area (Å²) in [5.74, 6) is 0.784. The highest BCUT2D eigenvalue weighted by Gasteiger charge is 2.03. The molecule has 1 unspecified atom stereocenters. The molecule has 0 aliphatic carbocycles. The van der Waals surface area contributed by atoms with Crippen LogP contribution < -0.4 is 16.8 Å². The van der Waals surface area contributed by atoms with E-state index in [1.165, 1.54) is 6.20 Å². The molecule has 1 heterocycles. The fourth-order valence-corrected chi connectivity index (χ4v) is 1.31. The van der Waals surface area contributed by atoms with E-state index in [0.717, 1.165) is 18.8 Å². The Kier molecular flexibility index (Phi) is 4.72. The Morgan fingerprint density at radius 2 is 2.31 bits per heavy atom. The van der Waals surface area contributed by atoms with Gasteiger partial charge in [-0.3, -0.25) is 4.79 Å². The van der Waals surface area contributed by atoms with Gasteiger partial charge in [-0.15, -0.1) is 0 Å². The van der Waals surface area contributed by atoms with Crippen LogP contribution in [0.3, 0.4) is 0 Å². The summed E-state index contributed by atoms with van der Waals surface area (Å²) >= 11 is 0. The van der Waals surface area contributed by atoms with Crippen LogP contribution in [0.5, 0.6) is 0 Å². The number of nitrogens with two attached hydrogens (primary N) is 2. The number of nitrogens with one attached hydrogen (secondary N) is 1. The summed E-state index contributed by atoms with van der Waals surface area (Å²) in [5, 5.41) is 3.18. The Morgan fingerprint density at radius 1 is 1.56 bits per heavy atom. The fourth-order valence-electron chi connectivity index (χ4n) is 1.31. The predicted molar refractivity (Wildman–Crippen MR) is 64.1 cm³/mol. The summed E-state index contributed by atoms with van der Waals surface area (Å²) in [6.07, 6.45) is 2.45. The largest absolute Gasteiger partial charge is 0.370 e. The molecule has 1 rings (SSSR count). The molecular formula is C11H18N4O. The molecule has 0 aromatic carbocycles. The Hall–Kier alpha value is -1.62. The maximum atomic E-state index is 10.8. The van der Waals surface area contributed by atoms with Gasteiger partial charge >= 0.3 is 0 Å². The lowest BCUT2D eigenvalue weighted by molar-refractivity contribution is 0.1000. The molecule has 0 saturated carbocycles. The zero-order valence-corrected chi connectivity index (χ0v) is 9.44. The number of carbonyl (C=O) groups is 1. The topological polar surface area (TPSA) is 94.0 Å². The first-order valence-electron chi connectivity index (χ1n) is 5.33. The minimum absolute atomic E-state index is 0.417. The third-order valence-corrected chi connectivity index (χ3v) is 2.34. The molecule has 0 aliphatic heterocycles. The standard InChI is InChI=1S/C11H18N4O/c1-8(4-5-12)6-14-10-3-2-9(7-15-10)11(13)16/h2-3,7-8H,4-6,12H2,1H3,(H2,13,16)(H,14,15). The van der Waals surface area contributed by atoms with Crippen LogP contribution in [-0.4, -0.2) is 24.0 Å². The molecule has 0 radical (unpaired) electrons. The van der Waals surface area contributed by atoms with E-state index >= 15 is 0 Å². The highest BCUT2D eigenvalue weighted by Crippen LogP contribution is 2.07. The molecule has 1 atom stereocenters. The summed E-state index contributed by atoms with van der Waals surface area (Å²) in [6.45, 7) is 3.63. The van der Waals surface area contributed by atoms with E-state index in [1.807, 2.05) is 0 Å². The Morgan fingerprint density at radius 3 is 2.81 bits per heavy atom. The van der Waals surface area contributed by atoms with E-state index in [4.69, 9.17) is 11.5 Å². The van der Waals surface area contributed by atoms with Gasteiger partial charge in [0.2, 0.25) is 5.91 Å².